The summed E-state index contributed by atoms with van der Waals surface area (Å²) >= 11 is 0. The smallest absolute Gasteiger partial charge is 0.179 e. The minimum atomic E-state index is -0.0422. The van der Waals surface area contributed by atoms with Crippen LogP contribution >= 0.6 is 0 Å². The zero-order valence-electron chi connectivity index (χ0n) is 19.8. The van der Waals surface area contributed by atoms with Gasteiger partial charge in [0.25, 0.3) is 0 Å². The molecule has 170 valence electrons. The predicted molar refractivity (Wildman–Crippen MR) is 121 cm³/mol. The molecule has 0 unspecified atom stereocenters. The molecular weight excluding hydrogens is 386 g/mol. The minimum absolute atomic E-state index is 0.00345. The van der Waals surface area contributed by atoms with Gasteiger partial charge in [-0.1, -0.05) is 27.7 Å². The minimum Gasteiger partial charge on any atom is -0.300 e. The molecule has 0 spiro atoms. The summed E-state index contributed by atoms with van der Waals surface area (Å²) in [6.45, 7) is 9.87. The fraction of sp³-hybridized carbons (Fsp3) is 0.852. The number of Topliss-reactive ketones (excluding diaryl/α,β-unsaturated/α-hetero) is 3. The van der Waals surface area contributed by atoms with Crippen LogP contribution < -0.4 is 0 Å². The Balaban J connectivity index is 1.38. The summed E-state index contributed by atoms with van der Waals surface area (Å²) in [5, 5.41) is 0. The van der Waals surface area contributed by atoms with E-state index in [0.29, 0.717) is 54.6 Å². The molecule has 0 aromatic carbocycles. The Morgan fingerprint density at radius 1 is 1.00 bits per heavy atom. The van der Waals surface area contributed by atoms with E-state index in [2.05, 4.69) is 32.7 Å². The Labute approximate surface area is 187 Å². The molecule has 5 aliphatic rings. The first kappa shape index (κ1) is 21.5. The van der Waals surface area contributed by atoms with E-state index in [0.717, 1.165) is 50.8 Å². The first-order valence-electron chi connectivity index (χ1n) is 12.8. The highest BCUT2D eigenvalue weighted by molar-refractivity contribution is 6.41. The normalized spacial score (nSPS) is 47.9. The van der Waals surface area contributed by atoms with E-state index in [1.54, 1.807) is 0 Å². The first-order valence-corrected chi connectivity index (χ1v) is 12.8. The van der Waals surface area contributed by atoms with Crippen LogP contribution in [-0.4, -0.2) is 29.6 Å². The van der Waals surface area contributed by atoms with Gasteiger partial charge in [-0.25, -0.2) is 0 Å². The Hall–Kier alpha value is -1.32. The Morgan fingerprint density at radius 3 is 2.45 bits per heavy atom. The summed E-state index contributed by atoms with van der Waals surface area (Å²) in [7, 11) is 0. The molecule has 0 aromatic heterocycles. The number of hydrogen-bond acceptors (Lipinski definition) is 4. The van der Waals surface area contributed by atoms with Gasteiger partial charge >= 0.3 is 0 Å². The number of carbonyl (C=O) groups is 3. The van der Waals surface area contributed by atoms with Gasteiger partial charge in [0, 0.05) is 37.6 Å². The summed E-state index contributed by atoms with van der Waals surface area (Å²) in [6.07, 6.45) is 8.10. The van der Waals surface area contributed by atoms with Gasteiger partial charge in [0.2, 0.25) is 0 Å². The van der Waals surface area contributed by atoms with Crippen LogP contribution in [0.2, 0.25) is 0 Å². The van der Waals surface area contributed by atoms with Crippen molar-refractivity contribution in [1.82, 2.24) is 0 Å². The summed E-state index contributed by atoms with van der Waals surface area (Å²) in [4.78, 5) is 43.2. The maximum Gasteiger partial charge on any atom is 0.179 e. The number of aliphatic imine (C=N–C) groups is 1. The molecule has 4 aliphatic carbocycles. The van der Waals surface area contributed by atoms with Crippen LogP contribution in [0.4, 0.5) is 0 Å². The fourth-order valence-electron chi connectivity index (χ4n) is 9.05. The number of ketones is 3. The number of carbonyl (C=O) groups excluding carboxylic acids is 3. The molecule has 1 heterocycles. The van der Waals surface area contributed by atoms with Gasteiger partial charge in [0.15, 0.2) is 5.78 Å². The van der Waals surface area contributed by atoms with Crippen molar-refractivity contribution in [3.8, 4) is 0 Å². The van der Waals surface area contributed by atoms with Gasteiger partial charge in [-0.05, 0) is 78.9 Å². The molecule has 0 saturated heterocycles. The van der Waals surface area contributed by atoms with E-state index in [1.165, 1.54) is 0 Å². The van der Waals surface area contributed by atoms with E-state index in [9.17, 15) is 14.4 Å². The lowest BCUT2D eigenvalue weighted by atomic mass is 9.44. The number of hydrogen-bond donors (Lipinski definition) is 0. The zero-order chi connectivity index (χ0) is 22.1. The molecule has 4 nitrogen and oxygen atoms in total. The van der Waals surface area contributed by atoms with Crippen LogP contribution in [0, 0.1) is 52.3 Å². The second-order valence-electron chi connectivity index (χ2n) is 12.3. The highest BCUT2D eigenvalue weighted by Gasteiger charge is 2.63. The van der Waals surface area contributed by atoms with Crippen molar-refractivity contribution in [2.75, 3.05) is 6.54 Å². The van der Waals surface area contributed by atoms with Crippen LogP contribution in [0.3, 0.4) is 0 Å². The molecule has 1 aliphatic heterocycles. The summed E-state index contributed by atoms with van der Waals surface area (Å²) in [6, 6.07) is 0. The fourth-order valence-corrected chi connectivity index (χ4v) is 9.05. The van der Waals surface area contributed by atoms with Gasteiger partial charge in [-0.15, -0.1) is 0 Å². The van der Waals surface area contributed by atoms with E-state index in [1.807, 2.05) is 0 Å². The largest absolute Gasteiger partial charge is 0.300 e. The van der Waals surface area contributed by atoms with E-state index < -0.39 is 0 Å². The number of fused-ring (bicyclic) bond motifs is 5. The molecule has 9 atom stereocenters. The van der Waals surface area contributed by atoms with Crippen molar-refractivity contribution in [3.63, 3.8) is 0 Å². The number of nitrogens with zero attached hydrogens (tertiary/aromatic N) is 1. The molecule has 4 fully saturated rings. The van der Waals surface area contributed by atoms with Gasteiger partial charge < -0.3 is 0 Å². The molecular formula is C27H39NO3. The number of rotatable bonds is 3. The van der Waals surface area contributed by atoms with Crippen molar-refractivity contribution >= 4 is 23.1 Å². The van der Waals surface area contributed by atoms with Crippen LogP contribution in [0.5, 0.6) is 0 Å². The first-order chi connectivity index (χ1) is 14.6. The Bertz CT molecular complexity index is 845. The topological polar surface area (TPSA) is 63.6 Å². The van der Waals surface area contributed by atoms with Crippen molar-refractivity contribution in [3.05, 3.63) is 0 Å². The summed E-state index contributed by atoms with van der Waals surface area (Å²) < 4.78 is 0. The van der Waals surface area contributed by atoms with Crippen molar-refractivity contribution in [2.24, 2.45) is 57.2 Å². The molecule has 4 saturated carbocycles. The average Bonchev–Trinajstić information content (AvgIpc) is 3.31. The molecule has 31 heavy (non-hydrogen) atoms. The summed E-state index contributed by atoms with van der Waals surface area (Å²) in [5.41, 5.74) is 0.981. The quantitative estimate of drug-likeness (QED) is 0.633. The molecule has 5 rings (SSSR count). The third kappa shape index (κ3) is 3.14. The Morgan fingerprint density at radius 2 is 1.74 bits per heavy atom. The zero-order valence-corrected chi connectivity index (χ0v) is 19.8. The SMILES string of the molecule is C[C@@H]1CN=C(C(=O)[C@@H](C)[C@H]2CC[C@H]3[C@@H]4CC(=O)[C@H]5CC(=O)CC[C@]5(C)[C@H]4CC[C@]23C)C1. The Kier molecular flexibility index (Phi) is 5.10. The van der Waals surface area contributed by atoms with E-state index >= 15 is 0 Å². The molecule has 0 N–H and O–H groups in total. The van der Waals surface area contributed by atoms with Gasteiger partial charge in [-0.3, -0.25) is 19.4 Å². The monoisotopic (exact) mass is 425 g/mol. The lowest BCUT2D eigenvalue weighted by Crippen LogP contribution is -2.57. The predicted octanol–water partition coefficient (Wildman–Crippen LogP) is 5.08. The maximum absolute atomic E-state index is 13.3. The third-order valence-electron chi connectivity index (χ3n) is 10.8. The van der Waals surface area contributed by atoms with Crippen molar-refractivity contribution in [2.45, 2.75) is 85.5 Å². The second kappa shape index (κ2) is 7.35. The van der Waals surface area contributed by atoms with Crippen LogP contribution in [0.1, 0.15) is 85.5 Å². The van der Waals surface area contributed by atoms with Gasteiger partial charge in [0.1, 0.15) is 11.6 Å². The molecule has 4 heteroatoms. The lowest BCUT2D eigenvalue weighted by molar-refractivity contribution is -0.159. The summed E-state index contributed by atoms with van der Waals surface area (Å²) in [5.74, 6) is 3.35. The van der Waals surface area contributed by atoms with Crippen LogP contribution in [0.15, 0.2) is 4.99 Å². The third-order valence-corrected chi connectivity index (χ3v) is 10.8. The van der Waals surface area contributed by atoms with Crippen LogP contribution in [0.25, 0.3) is 0 Å². The molecule has 0 aromatic rings. The van der Waals surface area contributed by atoms with Crippen molar-refractivity contribution in [1.29, 1.82) is 0 Å². The van der Waals surface area contributed by atoms with E-state index in [-0.39, 0.29) is 34.2 Å². The van der Waals surface area contributed by atoms with E-state index in [4.69, 9.17) is 0 Å². The van der Waals surface area contributed by atoms with Gasteiger partial charge in [-0.2, -0.15) is 0 Å². The van der Waals surface area contributed by atoms with Crippen molar-refractivity contribution < 1.29 is 14.4 Å². The lowest BCUT2D eigenvalue weighted by Gasteiger charge is -2.59. The van der Waals surface area contributed by atoms with Gasteiger partial charge in [0.05, 0.1) is 5.71 Å². The highest BCUT2D eigenvalue weighted by atomic mass is 16.1. The molecule has 0 radical (unpaired) electrons. The average molecular weight is 426 g/mol. The molecule has 0 bridgehead atoms. The maximum atomic E-state index is 13.3. The highest BCUT2D eigenvalue weighted by Crippen LogP contribution is 2.67. The van der Waals surface area contributed by atoms with Crippen LogP contribution in [-0.2, 0) is 14.4 Å². The second-order valence-corrected chi connectivity index (χ2v) is 12.3. The molecule has 0 amide bonds. The standard InChI is InChI=1S/C27H39NO3/c1-15-11-23(28-14-15)25(31)16(2)19-5-6-20-18-13-24(30)22-12-17(29)7-9-27(22,4)21(18)8-10-26(19,20)3/h15-16,18-22H,5-14H2,1-4H3/t15-,16-,18-,19+,20-,21-,22+,26+,27+/m0/s1.